The Morgan fingerprint density at radius 1 is 1.15 bits per heavy atom. The van der Waals surface area contributed by atoms with Crippen molar-refractivity contribution >= 4 is 5.91 Å². The molecule has 1 aliphatic rings. The lowest BCUT2D eigenvalue weighted by molar-refractivity contribution is 0.0937. The van der Waals surface area contributed by atoms with Crippen molar-refractivity contribution in [2.45, 2.75) is 31.9 Å². The van der Waals surface area contributed by atoms with Gasteiger partial charge in [-0.25, -0.2) is 13.8 Å². The van der Waals surface area contributed by atoms with E-state index in [2.05, 4.69) is 22.1 Å². The van der Waals surface area contributed by atoms with Gasteiger partial charge in [-0.15, -0.1) is 0 Å². The number of aromatic hydroxyl groups is 1. The molecule has 0 aliphatic carbocycles. The number of rotatable bonds is 4. The lowest BCUT2D eigenvalue weighted by Crippen LogP contribution is -2.30. The maximum Gasteiger partial charge on any atom is 0.270 e. The summed E-state index contributed by atoms with van der Waals surface area (Å²) in [6, 6.07) is 11.2. The fraction of sp³-hybridized carbons (Fsp3) is 0.231. The zero-order valence-electron chi connectivity index (χ0n) is 17.9. The molecule has 1 fully saturated rings. The lowest BCUT2D eigenvalue weighted by atomic mass is 9.97. The van der Waals surface area contributed by atoms with Crippen molar-refractivity contribution in [3.05, 3.63) is 94.3 Å². The van der Waals surface area contributed by atoms with Gasteiger partial charge >= 0.3 is 0 Å². The first kappa shape index (κ1) is 22.4. The van der Waals surface area contributed by atoms with Gasteiger partial charge < -0.3 is 15.2 Å². The summed E-state index contributed by atoms with van der Waals surface area (Å²) in [5.41, 5.74) is 1.95. The monoisotopic (exact) mass is 448 g/mol. The van der Waals surface area contributed by atoms with Crippen molar-refractivity contribution in [1.29, 1.82) is 0 Å². The number of carbonyl (C=O) groups is 1. The number of nitrogens with zero attached hydrogens (tertiary/aromatic N) is 1. The molecule has 0 radical (unpaired) electrons. The number of nitrogens with one attached hydrogen (secondary N) is 1. The molecule has 0 bridgehead atoms. The van der Waals surface area contributed by atoms with E-state index in [4.69, 9.17) is 4.74 Å². The second-order valence-corrected chi connectivity index (χ2v) is 7.81. The number of benzene rings is 2. The van der Waals surface area contributed by atoms with Gasteiger partial charge in [0, 0.05) is 23.4 Å². The van der Waals surface area contributed by atoms with Gasteiger partial charge in [0.25, 0.3) is 5.91 Å². The number of ether oxygens (including phenoxy) is 1. The number of aromatic nitrogens is 1. The van der Waals surface area contributed by atoms with Crippen LogP contribution in [0.15, 0.2) is 54.6 Å². The highest BCUT2D eigenvalue weighted by Crippen LogP contribution is 2.30. The van der Waals surface area contributed by atoms with E-state index in [0.29, 0.717) is 23.4 Å². The van der Waals surface area contributed by atoms with E-state index in [1.54, 1.807) is 19.1 Å². The molecule has 168 valence electrons. The van der Waals surface area contributed by atoms with E-state index in [9.17, 15) is 18.7 Å². The Labute approximate surface area is 190 Å². The summed E-state index contributed by atoms with van der Waals surface area (Å²) in [6.07, 6.45) is 1.73. The fourth-order valence-electron chi connectivity index (χ4n) is 3.67. The summed E-state index contributed by atoms with van der Waals surface area (Å²) < 4.78 is 32.9. The van der Waals surface area contributed by atoms with E-state index in [1.165, 1.54) is 30.3 Å². The van der Waals surface area contributed by atoms with Crippen molar-refractivity contribution in [1.82, 2.24) is 10.3 Å². The molecule has 1 aromatic heterocycles. The molecule has 0 spiro atoms. The molecular weight excluding hydrogens is 426 g/mol. The van der Waals surface area contributed by atoms with E-state index < -0.39 is 23.6 Å². The van der Waals surface area contributed by atoms with Crippen LogP contribution in [0.1, 0.15) is 51.8 Å². The first-order valence-electron chi connectivity index (χ1n) is 10.6. The molecule has 2 atom stereocenters. The number of amides is 1. The number of halogens is 2. The van der Waals surface area contributed by atoms with Crippen LogP contribution < -0.4 is 5.32 Å². The Morgan fingerprint density at radius 3 is 2.64 bits per heavy atom. The molecular formula is C26H22F2N2O3. The lowest BCUT2D eigenvalue weighted by Gasteiger charge is -2.21. The first-order chi connectivity index (χ1) is 15.9. The van der Waals surface area contributed by atoms with Crippen LogP contribution in [0.4, 0.5) is 8.78 Å². The third-order valence-electron chi connectivity index (χ3n) is 5.27. The van der Waals surface area contributed by atoms with E-state index in [-0.39, 0.29) is 23.1 Å². The predicted molar refractivity (Wildman–Crippen MR) is 119 cm³/mol. The van der Waals surface area contributed by atoms with Crippen LogP contribution in [0.2, 0.25) is 0 Å². The number of aryl methyl sites for hydroxylation is 1. The Balaban J connectivity index is 1.65. The van der Waals surface area contributed by atoms with Crippen molar-refractivity contribution in [2.24, 2.45) is 0 Å². The van der Waals surface area contributed by atoms with Crippen LogP contribution in [-0.4, -0.2) is 28.7 Å². The van der Waals surface area contributed by atoms with Gasteiger partial charge in [-0.1, -0.05) is 24.0 Å². The molecule has 5 nitrogen and oxygen atoms in total. The van der Waals surface area contributed by atoms with Gasteiger partial charge in [0.2, 0.25) is 0 Å². The topological polar surface area (TPSA) is 71.5 Å². The number of phenols is 1. The van der Waals surface area contributed by atoms with Gasteiger partial charge in [-0.3, -0.25) is 4.79 Å². The molecule has 1 aliphatic heterocycles. The molecule has 2 aromatic carbocycles. The maximum absolute atomic E-state index is 13.9. The molecule has 33 heavy (non-hydrogen) atoms. The third-order valence-corrected chi connectivity index (χ3v) is 5.27. The molecule has 1 saturated heterocycles. The van der Waals surface area contributed by atoms with Crippen LogP contribution in [0.3, 0.4) is 0 Å². The molecule has 2 N–H and O–H groups in total. The quantitative estimate of drug-likeness (QED) is 0.580. The van der Waals surface area contributed by atoms with Gasteiger partial charge in [-0.2, -0.15) is 0 Å². The standard InChI is InChI=1S/C26H22F2N2O3/c1-16-13-17(4-10-21-3-2-12-33-21)14-23(29-16)26(32)30-25(18-5-7-19(27)8-6-18)22-15-20(28)9-11-24(22)31/h5-9,11,13-15,21,25,31H,2-3,12H2,1H3,(H,30,32)/t21-,25?/m0/s1. The molecule has 2 heterocycles. The number of phenolic OH excluding ortho intramolecular Hbond substituents is 1. The predicted octanol–water partition coefficient (Wildman–Crippen LogP) is 4.42. The summed E-state index contributed by atoms with van der Waals surface area (Å²) in [5.74, 6) is 4.31. The van der Waals surface area contributed by atoms with Gasteiger partial charge in [-0.05, 0) is 67.8 Å². The Kier molecular flexibility index (Phi) is 6.66. The molecule has 0 saturated carbocycles. The first-order valence-corrected chi connectivity index (χ1v) is 10.6. The largest absolute Gasteiger partial charge is 0.508 e. The third kappa shape index (κ3) is 5.54. The van der Waals surface area contributed by atoms with Gasteiger partial charge in [0.1, 0.15) is 29.2 Å². The Bertz CT molecular complexity index is 1230. The summed E-state index contributed by atoms with van der Waals surface area (Å²) >= 11 is 0. The van der Waals surface area contributed by atoms with Crippen molar-refractivity contribution < 1.29 is 23.4 Å². The highest BCUT2D eigenvalue weighted by Gasteiger charge is 2.22. The average molecular weight is 448 g/mol. The average Bonchev–Trinajstić information content (AvgIpc) is 3.32. The highest BCUT2D eigenvalue weighted by atomic mass is 19.1. The van der Waals surface area contributed by atoms with Crippen LogP contribution in [0, 0.1) is 30.4 Å². The minimum absolute atomic E-state index is 0.116. The molecule has 3 aromatic rings. The van der Waals surface area contributed by atoms with E-state index >= 15 is 0 Å². The van der Waals surface area contributed by atoms with Crippen LogP contribution >= 0.6 is 0 Å². The zero-order chi connectivity index (χ0) is 23.4. The highest BCUT2D eigenvalue weighted by molar-refractivity contribution is 5.93. The Morgan fingerprint density at radius 2 is 1.91 bits per heavy atom. The molecule has 7 heteroatoms. The van der Waals surface area contributed by atoms with Crippen molar-refractivity contribution in [3.8, 4) is 17.6 Å². The number of hydrogen-bond donors (Lipinski definition) is 2. The molecule has 1 amide bonds. The van der Waals surface area contributed by atoms with Gasteiger partial charge in [0.15, 0.2) is 0 Å². The van der Waals surface area contributed by atoms with Crippen LogP contribution in [0.5, 0.6) is 5.75 Å². The molecule has 4 rings (SSSR count). The molecule has 1 unspecified atom stereocenters. The normalized spacial score (nSPS) is 16.0. The number of pyridine rings is 1. The second-order valence-electron chi connectivity index (χ2n) is 7.81. The van der Waals surface area contributed by atoms with Crippen LogP contribution in [-0.2, 0) is 4.74 Å². The Hall–Kier alpha value is -3.76. The minimum atomic E-state index is -0.933. The van der Waals surface area contributed by atoms with Gasteiger partial charge in [0.05, 0.1) is 6.04 Å². The van der Waals surface area contributed by atoms with Crippen LogP contribution in [0.25, 0.3) is 0 Å². The number of carbonyl (C=O) groups excluding carboxylic acids is 1. The number of hydrogen-bond acceptors (Lipinski definition) is 4. The van der Waals surface area contributed by atoms with E-state index in [1.807, 2.05) is 0 Å². The minimum Gasteiger partial charge on any atom is -0.508 e. The fourth-order valence-corrected chi connectivity index (χ4v) is 3.67. The van der Waals surface area contributed by atoms with Crippen molar-refractivity contribution in [3.63, 3.8) is 0 Å². The second kappa shape index (κ2) is 9.80. The summed E-state index contributed by atoms with van der Waals surface area (Å²) in [5, 5.41) is 13.1. The summed E-state index contributed by atoms with van der Waals surface area (Å²) in [7, 11) is 0. The SMILES string of the molecule is Cc1cc(C#C[C@@H]2CCCO2)cc(C(=O)NC(c2ccc(F)cc2)c2cc(F)ccc2O)n1. The maximum atomic E-state index is 13.9. The zero-order valence-corrected chi connectivity index (χ0v) is 17.9. The summed E-state index contributed by atoms with van der Waals surface area (Å²) in [6.45, 7) is 2.45. The van der Waals surface area contributed by atoms with E-state index in [0.717, 1.165) is 25.0 Å². The van der Waals surface area contributed by atoms with Crippen molar-refractivity contribution in [2.75, 3.05) is 6.61 Å². The summed E-state index contributed by atoms with van der Waals surface area (Å²) in [4.78, 5) is 17.4. The smallest absolute Gasteiger partial charge is 0.270 e.